The van der Waals surface area contributed by atoms with Crippen LogP contribution in [0, 0.1) is 24.6 Å². The second-order valence-corrected chi connectivity index (χ2v) is 6.59. The van der Waals surface area contributed by atoms with Crippen molar-refractivity contribution >= 4 is 29.4 Å². The van der Waals surface area contributed by atoms with Crippen LogP contribution in [0.5, 0.6) is 0 Å². The average Bonchev–Trinajstić information content (AvgIpc) is 2.88. The number of halogens is 1. The zero-order valence-corrected chi connectivity index (χ0v) is 14.7. The lowest BCUT2D eigenvalue weighted by atomic mass is 9.85. The summed E-state index contributed by atoms with van der Waals surface area (Å²) >= 11 is 0. The van der Waals surface area contributed by atoms with E-state index in [0.717, 1.165) is 11.0 Å². The van der Waals surface area contributed by atoms with Crippen LogP contribution in [-0.4, -0.2) is 41.7 Å². The Labute approximate surface area is 155 Å². The van der Waals surface area contributed by atoms with E-state index in [1.807, 2.05) is 12.2 Å². The van der Waals surface area contributed by atoms with Crippen LogP contribution >= 0.6 is 0 Å². The number of rotatable bonds is 5. The molecule has 0 spiro atoms. The molecule has 3 amide bonds. The van der Waals surface area contributed by atoms with E-state index in [2.05, 4.69) is 5.32 Å². The molecule has 3 rings (SSSR count). The first-order valence-corrected chi connectivity index (χ1v) is 8.58. The number of likely N-dealkylation sites (tertiary alicyclic amines) is 1. The maximum atomic E-state index is 13.5. The number of hydrogen-bond donors (Lipinski definition) is 1. The Morgan fingerprint density at radius 2 is 1.81 bits per heavy atom. The normalized spacial score (nSPS) is 21.2. The molecule has 0 radical (unpaired) electrons. The molecule has 1 heterocycles. The molecule has 1 N–H and O–H groups in total. The maximum Gasteiger partial charge on any atom is 0.326 e. The predicted octanol–water partition coefficient (Wildman–Crippen LogP) is 1.57. The Bertz CT molecular complexity index is 809. The van der Waals surface area contributed by atoms with E-state index >= 15 is 0 Å². The monoisotopic (exact) mass is 374 g/mol. The molecule has 0 aromatic heterocycles. The number of allylic oxidation sites excluding steroid dienone is 2. The fourth-order valence-electron chi connectivity index (χ4n) is 3.21. The van der Waals surface area contributed by atoms with Crippen LogP contribution in [0.2, 0.25) is 0 Å². The lowest BCUT2D eigenvalue weighted by molar-refractivity contribution is -0.154. The minimum absolute atomic E-state index is 0.237. The number of benzene rings is 1. The number of fused-ring (bicyclic) bond motifs is 1. The van der Waals surface area contributed by atoms with Crippen LogP contribution in [0.15, 0.2) is 30.4 Å². The Hall–Kier alpha value is -3.03. The number of esters is 1. The van der Waals surface area contributed by atoms with E-state index in [0.29, 0.717) is 18.4 Å². The molecule has 27 heavy (non-hydrogen) atoms. The smallest absolute Gasteiger partial charge is 0.326 e. The Morgan fingerprint density at radius 1 is 1.19 bits per heavy atom. The van der Waals surface area contributed by atoms with Gasteiger partial charge in [-0.3, -0.25) is 24.1 Å². The minimum Gasteiger partial charge on any atom is -0.454 e. The van der Waals surface area contributed by atoms with Crippen LogP contribution in [-0.2, 0) is 23.9 Å². The number of hydrogen-bond acceptors (Lipinski definition) is 5. The molecule has 142 valence electrons. The molecule has 0 bridgehead atoms. The third kappa shape index (κ3) is 4.05. The summed E-state index contributed by atoms with van der Waals surface area (Å²) in [6.45, 7) is 0.478. The first-order valence-electron chi connectivity index (χ1n) is 8.58. The third-order valence-corrected chi connectivity index (χ3v) is 4.71. The predicted molar refractivity (Wildman–Crippen MR) is 92.8 cm³/mol. The van der Waals surface area contributed by atoms with Gasteiger partial charge in [-0.15, -0.1) is 0 Å². The lowest BCUT2D eigenvalue weighted by Gasteiger charge is -2.14. The first kappa shape index (κ1) is 18.8. The first-order chi connectivity index (χ1) is 12.9. The van der Waals surface area contributed by atoms with E-state index < -0.39 is 42.7 Å². The van der Waals surface area contributed by atoms with Gasteiger partial charge in [0.1, 0.15) is 12.4 Å². The van der Waals surface area contributed by atoms with Crippen LogP contribution in [0.4, 0.5) is 10.1 Å². The van der Waals surface area contributed by atoms with Gasteiger partial charge in [0.25, 0.3) is 5.91 Å². The van der Waals surface area contributed by atoms with Crippen molar-refractivity contribution in [2.45, 2.75) is 19.8 Å². The Balaban J connectivity index is 1.49. The number of aryl methyl sites for hydroxylation is 1. The molecule has 0 unspecified atom stereocenters. The molecule has 1 aromatic carbocycles. The number of anilines is 1. The number of nitrogens with zero attached hydrogens (tertiary/aromatic N) is 1. The quantitative estimate of drug-likeness (QED) is 0.480. The van der Waals surface area contributed by atoms with Gasteiger partial charge in [0.2, 0.25) is 11.8 Å². The SMILES string of the molecule is Cc1ccc(NC(=O)COC(=O)CN2C(=O)[C@@H]3CC=CC[C@H]3C2=O)cc1F. The fraction of sp³-hybridized carbons (Fsp3) is 0.368. The number of imide groups is 1. The molecule has 7 nitrogen and oxygen atoms in total. The highest BCUT2D eigenvalue weighted by Crippen LogP contribution is 2.34. The standard InChI is InChI=1S/C19H19FN2O5/c1-11-6-7-12(8-15(11)20)21-16(23)10-27-17(24)9-22-18(25)13-4-2-3-5-14(13)19(22)26/h2-3,6-8,13-14H,4-5,9-10H2,1H3,(H,21,23)/t13-,14-/m1/s1. The van der Waals surface area contributed by atoms with Gasteiger partial charge >= 0.3 is 5.97 Å². The molecule has 1 fully saturated rings. The largest absolute Gasteiger partial charge is 0.454 e. The van der Waals surface area contributed by atoms with Gasteiger partial charge in [-0.05, 0) is 37.5 Å². The van der Waals surface area contributed by atoms with Crippen LogP contribution in [0.25, 0.3) is 0 Å². The summed E-state index contributed by atoms with van der Waals surface area (Å²) in [5.41, 5.74) is 0.677. The Kier molecular flexibility index (Phi) is 5.34. The Morgan fingerprint density at radius 3 is 2.41 bits per heavy atom. The van der Waals surface area contributed by atoms with Gasteiger partial charge in [0, 0.05) is 5.69 Å². The van der Waals surface area contributed by atoms with E-state index in [4.69, 9.17) is 4.74 Å². The van der Waals surface area contributed by atoms with E-state index in [-0.39, 0.29) is 17.5 Å². The number of ether oxygens (including phenoxy) is 1. The molecular formula is C19H19FN2O5. The van der Waals surface area contributed by atoms with Gasteiger partial charge in [-0.1, -0.05) is 18.2 Å². The van der Waals surface area contributed by atoms with Crippen LogP contribution < -0.4 is 5.32 Å². The summed E-state index contributed by atoms with van der Waals surface area (Å²) in [5.74, 6) is -3.58. The molecule has 2 aliphatic rings. The van der Waals surface area contributed by atoms with Crippen molar-refractivity contribution < 1.29 is 28.3 Å². The minimum atomic E-state index is -0.853. The lowest BCUT2D eigenvalue weighted by Crippen LogP contribution is -2.37. The van der Waals surface area contributed by atoms with Gasteiger partial charge < -0.3 is 10.1 Å². The molecule has 1 saturated heterocycles. The second-order valence-electron chi connectivity index (χ2n) is 6.59. The fourth-order valence-corrected chi connectivity index (χ4v) is 3.21. The topological polar surface area (TPSA) is 92.8 Å². The van der Waals surface area contributed by atoms with Crippen molar-refractivity contribution in [3.63, 3.8) is 0 Å². The number of amides is 3. The van der Waals surface area contributed by atoms with Crippen molar-refractivity contribution in [1.29, 1.82) is 0 Å². The molecule has 1 aliphatic heterocycles. The molecule has 8 heteroatoms. The van der Waals surface area contributed by atoms with Crippen molar-refractivity contribution in [2.75, 3.05) is 18.5 Å². The maximum absolute atomic E-state index is 13.5. The van der Waals surface area contributed by atoms with Crippen LogP contribution in [0.3, 0.4) is 0 Å². The van der Waals surface area contributed by atoms with Crippen molar-refractivity contribution in [3.05, 3.63) is 41.7 Å². The van der Waals surface area contributed by atoms with Crippen molar-refractivity contribution in [1.82, 2.24) is 4.90 Å². The molecule has 1 aromatic rings. The summed E-state index contributed by atoms with van der Waals surface area (Å²) in [5, 5.41) is 2.41. The van der Waals surface area contributed by atoms with E-state index in [9.17, 15) is 23.6 Å². The summed E-state index contributed by atoms with van der Waals surface area (Å²) in [6, 6.07) is 4.19. The van der Waals surface area contributed by atoms with Crippen LogP contribution in [0.1, 0.15) is 18.4 Å². The highest BCUT2D eigenvalue weighted by Gasteiger charge is 2.47. The van der Waals surface area contributed by atoms with Gasteiger partial charge in [-0.25, -0.2) is 4.39 Å². The van der Waals surface area contributed by atoms with Gasteiger partial charge in [0.05, 0.1) is 11.8 Å². The summed E-state index contributed by atoms with van der Waals surface area (Å²) in [7, 11) is 0. The summed E-state index contributed by atoms with van der Waals surface area (Å²) in [4.78, 5) is 49.2. The van der Waals surface area contributed by atoms with E-state index in [1.54, 1.807) is 6.92 Å². The number of carbonyl (C=O) groups excluding carboxylic acids is 4. The number of carbonyl (C=O) groups is 4. The highest BCUT2D eigenvalue weighted by atomic mass is 19.1. The van der Waals surface area contributed by atoms with Crippen molar-refractivity contribution in [3.8, 4) is 0 Å². The zero-order chi connectivity index (χ0) is 19.6. The number of nitrogens with one attached hydrogen (secondary N) is 1. The molecule has 2 atom stereocenters. The van der Waals surface area contributed by atoms with Crippen molar-refractivity contribution in [2.24, 2.45) is 11.8 Å². The zero-order valence-electron chi connectivity index (χ0n) is 14.7. The highest BCUT2D eigenvalue weighted by molar-refractivity contribution is 6.07. The third-order valence-electron chi connectivity index (χ3n) is 4.71. The molecule has 0 saturated carbocycles. The summed E-state index contributed by atoms with van der Waals surface area (Å²) < 4.78 is 18.3. The van der Waals surface area contributed by atoms with Gasteiger partial charge in [-0.2, -0.15) is 0 Å². The van der Waals surface area contributed by atoms with E-state index in [1.165, 1.54) is 12.1 Å². The second kappa shape index (κ2) is 7.69. The average molecular weight is 374 g/mol. The van der Waals surface area contributed by atoms with Gasteiger partial charge in [0.15, 0.2) is 6.61 Å². The summed E-state index contributed by atoms with van der Waals surface area (Å²) in [6.07, 6.45) is 4.67. The molecule has 1 aliphatic carbocycles. The molecular weight excluding hydrogens is 355 g/mol.